The van der Waals surface area contributed by atoms with Crippen LogP contribution in [-0.2, 0) is 20.0 Å². The molecule has 0 spiro atoms. The average Bonchev–Trinajstić information content (AvgIpc) is 2.76. The molecule has 1 fully saturated rings. The number of hydrogen-bond donors (Lipinski definition) is 0. The summed E-state index contributed by atoms with van der Waals surface area (Å²) in [6.45, 7) is 10.4. The number of likely N-dealkylation sites (tertiary alicyclic amines) is 1. The second kappa shape index (κ2) is 10.4. The van der Waals surface area contributed by atoms with Crippen LogP contribution >= 0.6 is 0 Å². The Morgan fingerprint density at radius 2 is 1.18 bits per heavy atom. The van der Waals surface area contributed by atoms with Crippen molar-refractivity contribution in [3.63, 3.8) is 0 Å². The van der Waals surface area contributed by atoms with Gasteiger partial charge in [0.15, 0.2) is 20.0 Å². The predicted molar refractivity (Wildman–Crippen MR) is 92.1 cm³/mol. The number of sulfonamides is 2. The van der Waals surface area contributed by atoms with Crippen molar-refractivity contribution in [3.05, 3.63) is 4.13 Å². The van der Waals surface area contributed by atoms with Crippen LogP contribution in [0.25, 0.3) is 4.13 Å². The van der Waals surface area contributed by atoms with Crippen molar-refractivity contribution in [2.24, 2.45) is 0 Å². The molecule has 1 saturated heterocycles. The third-order valence-corrected chi connectivity index (χ3v) is 7.19. The van der Waals surface area contributed by atoms with Gasteiger partial charge in [0.25, 0.3) is 0 Å². The summed E-state index contributed by atoms with van der Waals surface area (Å²) in [5, 5.41) is 0. The maximum Gasteiger partial charge on any atom is 0.480 e. The van der Waals surface area contributed by atoms with Crippen LogP contribution in [0.1, 0.15) is 52.4 Å². The molecular formula is C14H26F6N2O4S2. The van der Waals surface area contributed by atoms with E-state index >= 15 is 0 Å². The lowest BCUT2D eigenvalue weighted by atomic mass is 10.2. The first-order chi connectivity index (χ1) is 12.5. The van der Waals surface area contributed by atoms with E-state index in [0.717, 1.165) is 4.13 Å². The van der Waals surface area contributed by atoms with E-state index in [1.807, 2.05) is 0 Å². The molecule has 28 heavy (non-hydrogen) atoms. The second-order valence-electron chi connectivity index (χ2n) is 6.51. The van der Waals surface area contributed by atoms with Crippen molar-refractivity contribution in [1.29, 1.82) is 0 Å². The third-order valence-electron chi connectivity index (χ3n) is 4.45. The van der Waals surface area contributed by atoms with Gasteiger partial charge < -0.3 is 8.61 Å². The molecule has 0 amide bonds. The standard InChI is InChI=1S/C12H26N.C2F6NO4S2/c1-3-5-10-13(4-2)11-8-6-7-9-12-13;3-1(4,5)14(10,11)9-15(12,13)2(6,7)8/h3-12H2,1-2H3;/q+1;-1. The van der Waals surface area contributed by atoms with Gasteiger partial charge in [-0.15, -0.1) is 0 Å². The first-order valence-corrected chi connectivity index (χ1v) is 11.6. The van der Waals surface area contributed by atoms with Crippen LogP contribution < -0.4 is 0 Å². The molecule has 0 saturated carbocycles. The number of nitrogens with zero attached hydrogens (tertiary/aromatic N) is 2. The highest BCUT2D eigenvalue weighted by atomic mass is 32.3. The van der Waals surface area contributed by atoms with E-state index in [-0.39, 0.29) is 0 Å². The monoisotopic (exact) mass is 464 g/mol. The maximum atomic E-state index is 11.4. The highest BCUT2D eigenvalue weighted by molar-refractivity contribution is 8.13. The van der Waals surface area contributed by atoms with Gasteiger partial charge in [-0.05, 0) is 39.0 Å². The zero-order valence-corrected chi connectivity index (χ0v) is 17.3. The van der Waals surface area contributed by atoms with Gasteiger partial charge in [0.2, 0.25) is 0 Å². The molecule has 1 aliphatic heterocycles. The fourth-order valence-corrected chi connectivity index (χ4v) is 4.47. The van der Waals surface area contributed by atoms with Crippen molar-refractivity contribution in [2.45, 2.75) is 63.4 Å². The molecular weight excluding hydrogens is 438 g/mol. The highest BCUT2D eigenvalue weighted by Crippen LogP contribution is 2.36. The molecule has 0 aromatic rings. The molecule has 0 aromatic carbocycles. The van der Waals surface area contributed by atoms with Gasteiger partial charge >= 0.3 is 11.0 Å². The Hall–Kier alpha value is -0.600. The molecule has 1 heterocycles. The summed E-state index contributed by atoms with van der Waals surface area (Å²) in [5.41, 5.74) is -12.4. The third kappa shape index (κ3) is 8.41. The average molecular weight is 464 g/mol. The summed E-state index contributed by atoms with van der Waals surface area (Å²) < 4.78 is 111. The number of rotatable bonds is 6. The quantitative estimate of drug-likeness (QED) is 0.435. The fourth-order valence-electron chi connectivity index (χ4n) is 2.76. The van der Waals surface area contributed by atoms with E-state index in [4.69, 9.17) is 0 Å². The van der Waals surface area contributed by atoms with E-state index in [0.29, 0.717) is 0 Å². The van der Waals surface area contributed by atoms with Crippen LogP contribution in [0.3, 0.4) is 0 Å². The van der Waals surface area contributed by atoms with Crippen LogP contribution in [0.4, 0.5) is 26.3 Å². The molecule has 170 valence electrons. The number of halogens is 6. The summed E-state index contributed by atoms with van der Waals surface area (Å²) >= 11 is 0. The maximum absolute atomic E-state index is 11.4. The number of unbranched alkanes of at least 4 members (excludes halogenated alkanes) is 1. The molecule has 1 aliphatic rings. The topological polar surface area (TPSA) is 82.4 Å². The minimum Gasteiger partial charge on any atom is -0.421 e. The molecule has 0 aliphatic carbocycles. The van der Waals surface area contributed by atoms with Crippen LogP contribution in [0.15, 0.2) is 0 Å². The Morgan fingerprint density at radius 3 is 1.46 bits per heavy atom. The van der Waals surface area contributed by atoms with E-state index in [2.05, 4.69) is 13.8 Å². The van der Waals surface area contributed by atoms with Crippen LogP contribution in [0, 0.1) is 0 Å². The minimum absolute atomic E-state index is 0.778. The highest BCUT2D eigenvalue weighted by Gasteiger charge is 2.46. The van der Waals surface area contributed by atoms with Crippen LogP contribution in [0.2, 0.25) is 0 Å². The molecule has 0 radical (unpaired) electrons. The van der Waals surface area contributed by atoms with Crippen LogP contribution in [-0.4, -0.2) is 58.5 Å². The summed E-state index contributed by atoms with van der Waals surface area (Å²) in [6, 6.07) is 0. The van der Waals surface area contributed by atoms with Gasteiger partial charge in [0, 0.05) is 0 Å². The summed E-state index contributed by atoms with van der Waals surface area (Å²) in [5.74, 6) is 0. The lowest BCUT2D eigenvalue weighted by Gasteiger charge is -2.37. The van der Waals surface area contributed by atoms with Gasteiger partial charge in [-0.2, -0.15) is 26.3 Å². The van der Waals surface area contributed by atoms with Gasteiger partial charge in [-0.3, -0.25) is 0 Å². The lowest BCUT2D eigenvalue weighted by molar-refractivity contribution is -0.926. The van der Waals surface area contributed by atoms with Crippen LogP contribution in [0.5, 0.6) is 0 Å². The molecule has 0 bridgehead atoms. The molecule has 14 heteroatoms. The predicted octanol–water partition coefficient (Wildman–Crippen LogP) is 4.26. The largest absolute Gasteiger partial charge is 0.480 e. The second-order valence-corrected chi connectivity index (χ2v) is 9.93. The minimum atomic E-state index is -6.72. The number of hydrogen-bond acceptors (Lipinski definition) is 4. The Kier molecular flexibility index (Phi) is 10.2. The van der Waals surface area contributed by atoms with Crippen molar-refractivity contribution in [2.75, 3.05) is 26.2 Å². The fraction of sp³-hybridized carbons (Fsp3) is 1.00. The molecule has 0 unspecified atom stereocenters. The Labute approximate surface area is 162 Å². The number of quaternary nitrogens is 1. The molecule has 6 nitrogen and oxygen atoms in total. The van der Waals surface area contributed by atoms with Gasteiger partial charge in [0.05, 0.1) is 26.2 Å². The van der Waals surface area contributed by atoms with E-state index in [1.165, 1.54) is 69.2 Å². The van der Waals surface area contributed by atoms with E-state index in [9.17, 15) is 43.2 Å². The molecule has 0 atom stereocenters. The van der Waals surface area contributed by atoms with Crippen molar-refractivity contribution < 1.29 is 47.7 Å². The van der Waals surface area contributed by atoms with Crippen molar-refractivity contribution >= 4 is 20.0 Å². The molecule has 1 rings (SSSR count). The van der Waals surface area contributed by atoms with Crippen molar-refractivity contribution in [3.8, 4) is 0 Å². The smallest absolute Gasteiger partial charge is 0.421 e. The van der Waals surface area contributed by atoms with Gasteiger partial charge in [-0.25, -0.2) is 16.8 Å². The SMILES string of the molecule is CCCC[N+]1(CC)CCCCCC1.O=S(=O)([N-]S(=O)(=O)C(F)(F)F)C(F)(F)F. The van der Waals surface area contributed by atoms with E-state index in [1.54, 1.807) is 0 Å². The summed E-state index contributed by atoms with van der Waals surface area (Å²) in [4.78, 5) is 0. The zero-order chi connectivity index (χ0) is 22.3. The Morgan fingerprint density at radius 1 is 0.786 bits per heavy atom. The van der Waals surface area contributed by atoms with Gasteiger partial charge in [0.1, 0.15) is 0 Å². The first kappa shape index (κ1) is 27.4. The lowest BCUT2D eigenvalue weighted by Crippen LogP contribution is -2.49. The normalized spacial score (nSPS) is 18.7. The van der Waals surface area contributed by atoms with Crippen molar-refractivity contribution in [1.82, 2.24) is 0 Å². The molecule has 0 aromatic heterocycles. The first-order valence-electron chi connectivity index (χ1n) is 8.75. The number of alkyl halides is 6. The summed E-state index contributed by atoms with van der Waals surface area (Å²) in [7, 11) is -13.4. The molecule has 0 N–H and O–H groups in total. The van der Waals surface area contributed by atoms with E-state index < -0.39 is 31.1 Å². The Bertz CT molecular complexity index is 625. The Balaban J connectivity index is 0.000000525. The zero-order valence-electron chi connectivity index (χ0n) is 15.7. The van der Waals surface area contributed by atoms with Gasteiger partial charge in [-0.1, -0.05) is 13.3 Å². The summed E-state index contributed by atoms with van der Waals surface area (Å²) in [6.07, 6.45) is 8.68.